The van der Waals surface area contributed by atoms with Crippen molar-refractivity contribution in [1.82, 2.24) is 4.98 Å². The molecule has 0 amide bonds. The molecule has 2 rings (SSSR count). The number of hydrogen-bond acceptors (Lipinski definition) is 4. The van der Waals surface area contributed by atoms with Crippen LogP contribution in [0, 0.1) is 0 Å². The summed E-state index contributed by atoms with van der Waals surface area (Å²) in [6.45, 7) is 0. The fourth-order valence-electron chi connectivity index (χ4n) is 1.63. The minimum atomic E-state index is -0.483. The third-order valence-electron chi connectivity index (χ3n) is 2.45. The molecule has 0 aliphatic rings. The lowest BCUT2D eigenvalue weighted by atomic mass is 10.1. The van der Waals surface area contributed by atoms with Gasteiger partial charge >= 0.3 is 5.97 Å². The smallest absolute Gasteiger partial charge is 0.356 e. The molecule has 0 fully saturated rings. The van der Waals surface area contributed by atoms with Crippen molar-refractivity contribution in [1.29, 1.82) is 0 Å². The van der Waals surface area contributed by atoms with Gasteiger partial charge in [0.1, 0.15) is 0 Å². The van der Waals surface area contributed by atoms with Crippen molar-refractivity contribution < 1.29 is 9.53 Å². The molecule has 0 unspecified atom stereocenters. The van der Waals surface area contributed by atoms with Gasteiger partial charge in [-0.2, -0.15) is 0 Å². The van der Waals surface area contributed by atoms with E-state index in [1.54, 1.807) is 19.2 Å². The number of rotatable bonds is 2. The zero-order valence-electron chi connectivity index (χ0n) is 9.45. The van der Waals surface area contributed by atoms with Gasteiger partial charge in [0, 0.05) is 18.1 Å². The third kappa shape index (κ3) is 2.03. The van der Waals surface area contributed by atoms with Crippen LogP contribution in [-0.2, 0) is 4.74 Å². The monoisotopic (exact) mass is 250 g/mol. The summed E-state index contributed by atoms with van der Waals surface area (Å²) in [6, 6.07) is 7.11. The predicted octanol–water partition coefficient (Wildman–Crippen LogP) is 2.72. The van der Waals surface area contributed by atoms with E-state index in [1.165, 1.54) is 7.11 Å². The normalized spacial score (nSPS) is 10.3. The summed E-state index contributed by atoms with van der Waals surface area (Å²) < 4.78 is 4.65. The number of para-hydroxylation sites is 1. The quantitative estimate of drug-likeness (QED) is 0.833. The van der Waals surface area contributed by atoms with E-state index >= 15 is 0 Å². The molecule has 1 N–H and O–H groups in total. The molecule has 1 heterocycles. The first-order valence-corrected chi connectivity index (χ1v) is 5.40. The molecule has 1 aromatic carbocycles. The van der Waals surface area contributed by atoms with Crippen LogP contribution < -0.4 is 5.32 Å². The van der Waals surface area contributed by atoms with E-state index in [9.17, 15) is 4.79 Å². The van der Waals surface area contributed by atoms with Gasteiger partial charge in [-0.05, 0) is 12.1 Å². The Kier molecular flexibility index (Phi) is 3.15. The number of ether oxygens (including phenoxy) is 1. The lowest BCUT2D eigenvalue weighted by molar-refractivity contribution is 0.0594. The summed E-state index contributed by atoms with van der Waals surface area (Å²) >= 11 is 6.06. The molecule has 0 saturated carbocycles. The van der Waals surface area contributed by atoms with Crippen molar-refractivity contribution in [2.75, 3.05) is 19.5 Å². The summed E-state index contributed by atoms with van der Waals surface area (Å²) in [4.78, 5) is 15.7. The molecule has 1 aromatic heterocycles. The molecule has 88 valence electrons. The van der Waals surface area contributed by atoms with Crippen LogP contribution in [-0.4, -0.2) is 25.1 Å². The zero-order chi connectivity index (χ0) is 12.4. The number of fused-ring (bicyclic) bond motifs is 1. The molecule has 0 spiro atoms. The Morgan fingerprint density at radius 2 is 2.24 bits per heavy atom. The van der Waals surface area contributed by atoms with Gasteiger partial charge in [0.25, 0.3) is 0 Å². The van der Waals surface area contributed by atoms with E-state index in [-0.39, 0.29) is 5.69 Å². The van der Waals surface area contributed by atoms with E-state index in [1.807, 2.05) is 12.1 Å². The Morgan fingerprint density at radius 3 is 2.88 bits per heavy atom. The summed E-state index contributed by atoms with van der Waals surface area (Å²) in [5, 5.41) is 4.38. The lowest BCUT2D eigenvalue weighted by Crippen LogP contribution is -2.06. The second kappa shape index (κ2) is 4.59. The van der Waals surface area contributed by atoms with Crippen molar-refractivity contribution >= 4 is 34.2 Å². The Balaban J connectivity index is 2.76. The van der Waals surface area contributed by atoms with Crippen molar-refractivity contribution in [3.63, 3.8) is 0 Å². The van der Waals surface area contributed by atoms with E-state index < -0.39 is 5.97 Å². The summed E-state index contributed by atoms with van der Waals surface area (Å²) in [6.07, 6.45) is 0. The highest BCUT2D eigenvalue weighted by Gasteiger charge is 2.13. The molecule has 0 aliphatic heterocycles. The van der Waals surface area contributed by atoms with Gasteiger partial charge in [-0.15, -0.1) is 0 Å². The number of esters is 1. The number of pyridine rings is 1. The second-order valence-electron chi connectivity index (χ2n) is 3.43. The third-order valence-corrected chi connectivity index (χ3v) is 2.76. The zero-order valence-corrected chi connectivity index (χ0v) is 10.2. The number of nitrogens with zero attached hydrogens (tertiary/aromatic N) is 1. The molecule has 0 radical (unpaired) electrons. The Hall–Kier alpha value is -1.81. The molecule has 17 heavy (non-hydrogen) atoms. The van der Waals surface area contributed by atoms with Crippen LogP contribution in [0.15, 0.2) is 24.3 Å². The van der Waals surface area contributed by atoms with E-state index in [4.69, 9.17) is 11.6 Å². The largest absolute Gasteiger partial charge is 0.464 e. The average Bonchev–Trinajstić information content (AvgIpc) is 2.37. The van der Waals surface area contributed by atoms with E-state index in [2.05, 4.69) is 15.0 Å². The molecule has 0 aliphatic carbocycles. The van der Waals surface area contributed by atoms with Crippen LogP contribution in [0.1, 0.15) is 10.5 Å². The van der Waals surface area contributed by atoms with Crippen molar-refractivity contribution in [3.8, 4) is 0 Å². The number of halogens is 1. The van der Waals surface area contributed by atoms with Crippen LogP contribution >= 0.6 is 11.6 Å². The number of anilines is 1. The maximum absolute atomic E-state index is 11.5. The number of benzene rings is 1. The summed E-state index contributed by atoms with van der Waals surface area (Å²) in [5.74, 6) is -0.483. The first kappa shape index (κ1) is 11.7. The van der Waals surface area contributed by atoms with Gasteiger partial charge in [-0.3, -0.25) is 0 Å². The van der Waals surface area contributed by atoms with Gasteiger partial charge in [0.2, 0.25) is 0 Å². The first-order valence-electron chi connectivity index (χ1n) is 5.02. The maximum Gasteiger partial charge on any atom is 0.356 e. The highest BCUT2D eigenvalue weighted by atomic mass is 35.5. The highest BCUT2D eigenvalue weighted by molar-refractivity contribution is 6.35. The van der Waals surface area contributed by atoms with Gasteiger partial charge in [0.15, 0.2) is 5.69 Å². The minimum Gasteiger partial charge on any atom is -0.464 e. The van der Waals surface area contributed by atoms with Crippen LogP contribution in [0.3, 0.4) is 0 Å². The Bertz CT molecular complexity index is 584. The topological polar surface area (TPSA) is 51.2 Å². The molecule has 2 aromatic rings. The maximum atomic E-state index is 11.5. The fraction of sp³-hybridized carbons (Fsp3) is 0.167. The molecule has 0 saturated heterocycles. The summed E-state index contributed by atoms with van der Waals surface area (Å²) in [7, 11) is 3.09. The van der Waals surface area contributed by atoms with E-state index in [0.717, 1.165) is 11.1 Å². The van der Waals surface area contributed by atoms with Gasteiger partial charge in [-0.1, -0.05) is 23.7 Å². The van der Waals surface area contributed by atoms with Crippen LogP contribution in [0.5, 0.6) is 0 Å². The molecular weight excluding hydrogens is 240 g/mol. The highest BCUT2D eigenvalue weighted by Crippen LogP contribution is 2.28. The predicted molar refractivity (Wildman–Crippen MR) is 67.6 cm³/mol. The first-order chi connectivity index (χ1) is 8.17. The number of carbonyl (C=O) groups excluding carboxylic acids is 1. The SMILES string of the molecule is CNc1cc(C(=O)OC)nc2c(Cl)cccc12. The molecule has 0 bridgehead atoms. The van der Waals surface area contributed by atoms with Gasteiger partial charge in [0.05, 0.1) is 17.6 Å². The van der Waals surface area contributed by atoms with E-state index in [0.29, 0.717) is 10.5 Å². The Morgan fingerprint density at radius 1 is 1.47 bits per heavy atom. The average molecular weight is 251 g/mol. The van der Waals surface area contributed by atoms with Crippen molar-refractivity contribution in [2.24, 2.45) is 0 Å². The van der Waals surface area contributed by atoms with Crippen LogP contribution in [0.2, 0.25) is 5.02 Å². The van der Waals surface area contributed by atoms with Crippen molar-refractivity contribution in [2.45, 2.75) is 0 Å². The molecule has 4 nitrogen and oxygen atoms in total. The standard InChI is InChI=1S/C12H11ClN2O2/c1-14-9-6-10(12(16)17-2)15-11-7(9)4-3-5-8(11)13/h3-6H,1-2H3,(H,14,15). The van der Waals surface area contributed by atoms with Crippen molar-refractivity contribution in [3.05, 3.63) is 35.0 Å². The summed E-state index contributed by atoms with van der Waals surface area (Å²) in [5.41, 5.74) is 1.61. The molecule has 5 heteroatoms. The lowest BCUT2D eigenvalue weighted by Gasteiger charge is -2.08. The van der Waals surface area contributed by atoms with Crippen LogP contribution in [0.4, 0.5) is 5.69 Å². The molecular formula is C12H11ClN2O2. The van der Waals surface area contributed by atoms with Crippen LogP contribution in [0.25, 0.3) is 10.9 Å². The fourth-order valence-corrected chi connectivity index (χ4v) is 1.85. The molecule has 0 atom stereocenters. The number of methoxy groups -OCH3 is 1. The number of nitrogens with one attached hydrogen (secondary N) is 1. The number of carbonyl (C=O) groups is 1. The minimum absolute atomic E-state index is 0.234. The number of aromatic nitrogens is 1. The second-order valence-corrected chi connectivity index (χ2v) is 3.84. The van der Waals surface area contributed by atoms with Gasteiger partial charge in [-0.25, -0.2) is 9.78 Å². The van der Waals surface area contributed by atoms with Gasteiger partial charge < -0.3 is 10.1 Å². The Labute approximate surface area is 104 Å². The number of hydrogen-bond donors (Lipinski definition) is 1.